The first kappa shape index (κ1) is 24.4. The molecule has 2 amide bonds. The molecule has 5 nitrogen and oxygen atoms in total. The van der Waals surface area contributed by atoms with E-state index < -0.39 is 0 Å². The van der Waals surface area contributed by atoms with Gasteiger partial charge >= 0.3 is 6.09 Å². The van der Waals surface area contributed by atoms with Crippen LogP contribution < -0.4 is 0 Å². The summed E-state index contributed by atoms with van der Waals surface area (Å²) in [6.45, 7) is 9.01. The highest BCUT2D eigenvalue weighted by Gasteiger charge is 2.49. The predicted molar refractivity (Wildman–Crippen MR) is 131 cm³/mol. The van der Waals surface area contributed by atoms with E-state index in [1.165, 1.54) is 32.1 Å². The number of amides is 2. The van der Waals surface area contributed by atoms with E-state index in [0.717, 1.165) is 49.5 Å². The third-order valence-electron chi connectivity index (χ3n) is 8.39. The van der Waals surface area contributed by atoms with E-state index in [4.69, 9.17) is 16.3 Å². The Hall–Kier alpha value is -1.75. The van der Waals surface area contributed by atoms with Gasteiger partial charge in [0, 0.05) is 30.6 Å². The molecule has 1 saturated carbocycles. The van der Waals surface area contributed by atoms with Crippen molar-refractivity contribution in [3.05, 3.63) is 34.9 Å². The fourth-order valence-electron chi connectivity index (χ4n) is 6.19. The van der Waals surface area contributed by atoms with Crippen molar-refractivity contribution in [1.29, 1.82) is 0 Å². The van der Waals surface area contributed by atoms with Crippen LogP contribution in [-0.2, 0) is 16.0 Å². The van der Waals surface area contributed by atoms with E-state index in [2.05, 4.69) is 18.7 Å². The lowest BCUT2D eigenvalue weighted by atomic mass is 9.63. The highest BCUT2D eigenvalue weighted by molar-refractivity contribution is 6.30. The summed E-state index contributed by atoms with van der Waals surface area (Å²) in [6, 6.07) is 7.79. The lowest BCUT2D eigenvalue weighted by Gasteiger charge is -2.50. The number of hydrogen-bond donors (Lipinski definition) is 0. The summed E-state index contributed by atoms with van der Waals surface area (Å²) in [4.78, 5) is 29.9. The quantitative estimate of drug-likeness (QED) is 0.512. The zero-order valence-electron chi connectivity index (χ0n) is 20.4. The van der Waals surface area contributed by atoms with Crippen LogP contribution in [0.5, 0.6) is 0 Å². The number of cyclic esters (lactones) is 1. The molecule has 2 aliphatic heterocycles. The molecular formula is C27H39ClN2O3. The van der Waals surface area contributed by atoms with Gasteiger partial charge in [0.25, 0.3) is 0 Å². The number of halogens is 1. The van der Waals surface area contributed by atoms with Gasteiger partial charge in [-0.3, -0.25) is 9.69 Å². The van der Waals surface area contributed by atoms with Crippen LogP contribution in [0.4, 0.5) is 4.79 Å². The number of carbonyl (C=O) groups is 2. The summed E-state index contributed by atoms with van der Waals surface area (Å²) in [5.41, 5.74) is 0.958. The number of piperidine rings is 1. The van der Waals surface area contributed by atoms with Gasteiger partial charge < -0.3 is 9.64 Å². The number of ether oxygens (including phenoxy) is 1. The van der Waals surface area contributed by atoms with E-state index in [-0.39, 0.29) is 28.9 Å². The second-order valence-corrected chi connectivity index (χ2v) is 11.6. The minimum Gasteiger partial charge on any atom is -0.447 e. The molecule has 1 aromatic carbocycles. The number of benzene rings is 1. The molecule has 2 heterocycles. The summed E-state index contributed by atoms with van der Waals surface area (Å²) in [5.74, 6) is 0.808. The van der Waals surface area contributed by atoms with Gasteiger partial charge in [0.2, 0.25) is 5.91 Å². The zero-order valence-corrected chi connectivity index (χ0v) is 21.2. The predicted octanol–water partition coefficient (Wildman–Crippen LogP) is 5.94. The van der Waals surface area contributed by atoms with E-state index in [1.807, 2.05) is 36.1 Å². The Labute approximate surface area is 203 Å². The lowest BCUT2D eigenvalue weighted by Crippen LogP contribution is -2.55. The van der Waals surface area contributed by atoms with Crippen LogP contribution in [-0.4, -0.2) is 53.6 Å². The fraction of sp³-hybridized carbons (Fsp3) is 0.704. The summed E-state index contributed by atoms with van der Waals surface area (Å²) in [5, 5.41) is 0.720. The first-order chi connectivity index (χ1) is 15.7. The van der Waals surface area contributed by atoms with Crippen molar-refractivity contribution in [2.75, 3.05) is 26.2 Å². The second kappa shape index (κ2) is 9.85. The molecule has 0 unspecified atom stereocenters. The van der Waals surface area contributed by atoms with Crippen LogP contribution in [0.1, 0.15) is 71.3 Å². The highest BCUT2D eigenvalue weighted by Crippen LogP contribution is 2.48. The van der Waals surface area contributed by atoms with Crippen LogP contribution >= 0.6 is 11.6 Å². The molecule has 3 aliphatic rings. The van der Waals surface area contributed by atoms with Gasteiger partial charge in [-0.2, -0.15) is 0 Å². The van der Waals surface area contributed by atoms with Gasteiger partial charge in [-0.25, -0.2) is 4.79 Å². The molecule has 182 valence electrons. The van der Waals surface area contributed by atoms with Crippen molar-refractivity contribution in [1.82, 2.24) is 9.80 Å². The normalized spacial score (nSPS) is 23.9. The molecule has 2 saturated heterocycles. The monoisotopic (exact) mass is 474 g/mol. The molecule has 0 N–H and O–H groups in total. The molecule has 0 bridgehead atoms. The Morgan fingerprint density at radius 2 is 1.76 bits per heavy atom. The standard InChI is InChI=1S/C27H39ClN2O3/c1-20(17-21-9-11-23(28)12-10-21)24(31)29-15-13-27(14-16-29,22-7-5-4-6-8-22)18-30-25(32)33-19-26(30,2)3/h9-12,20,22H,4-8,13-19H2,1-3H3/t20-/m1/s1. The minimum atomic E-state index is -0.265. The van der Waals surface area contributed by atoms with Crippen molar-refractivity contribution < 1.29 is 14.3 Å². The zero-order chi connectivity index (χ0) is 23.6. The summed E-state index contributed by atoms with van der Waals surface area (Å²) >= 11 is 6.00. The molecule has 1 atom stereocenters. The third kappa shape index (κ3) is 5.34. The van der Waals surface area contributed by atoms with Gasteiger partial charge in [-0.05, 0) is 75.0 Å². The van der Waals surface area contributed by atoms with Crippen molar-refractivity contribution in [3.63, 3.8) is 0 Å². The third-order valence-corrected chi connectivity index (χ3v) is 8.64. The maximum Gasteiger partial charge on any atom is 0.410 e. The molecule has 1 aliphatic carbocycles. The van der Waals surface area contributed by atoms with Crippen molar-refractivity contribution in [3.8, 4) is 0 Å². The Bertz CT molecular complexity index is 839. The maximum atomic E-state index is 13.3. The van der Waals surface area contributed by atoms with E-state index in [1.54, 1.807) is 0 Å². The Balaban J connectivity index is 1.44. The Morgan fingerprint density at radius 1 is 1.12 bits per heavy atom. The smallest absolute Gasteiger partial charge is 0.410 e. The van der Waals surface area contributed by atoms with Gasteiger partial charge in [0.1, 0.15) is 6.61 Å². The average molecular weight is 475 g/mol. The summed E-state index contributed by atoms with van der Waals surface area (Å²) in [6.07, 6.45) is 8.85. The number of hydrogen-bond acceptors (Lipinski definition) is 3. The Kier molecular flexibility index (Phi) is 7.28. The van der Waals surface area contributed by atoms with Gasteiger partial charge in [-0.15, -0.1) is 0 Å². The molecule has 33 heavy (non-hydrogen) atoms. The lowest BCUT2D eigenvalue weighted by molar-refractivity contribution is -0.138. The number of likely N-dealkylation sites (tertiary alicyclic amines) is 1. The second-order valence-electron chi connectivity index (χ2n) is 11.2. The Morgan fingerprint density at radius 3 is 2.33 bits per heavy atom. The largest absolute Gasteiger partial charge is 0.447 e. The SMILES string of the molecule is C[C@H](Cc1ccc(Cl)cc1)C(=O)N1CCC(CN2C(=O)OCC2(C)C)(C2CCCCC2)CC1. The van der Waals surface area contributed by atoms with Gasteiger partial charge in [0.05, 0.1) is 5.54 Å². The molecule has 0 radical (unpaired) electrons. The van der Waals surface area contributed by atoms with Crippen LogP contribution in [0, 0.1) is 17.3 Å². The van der Waals surface area contributed by atoms with Gasteiger partial charge in [-0.1, -0.05) is 49.9 Å². The van der Waals surface area contributed by atoms with Crippen LogP contribution in [0.25, 0.3) is 0 Å². The summed E-state index contributed by atoms with van der Waals surface area (Å²) < 4.78 is 5.42. The van der Waals surface area contributed by atoms with Crippen molar-refractivity contribution in [2.45, 2.75) is 77.7 Å². The van der Waals surface area contributed by atoms with Crippen molar-refractivity contribution >= 4 is 23.6 Å². The number of nitrogens with zero attached hydrogens (tertiary/aromatic N) is 2. The average Bonchev–Trinajstić information content (AvgIpc) is 3.07. The molecular weight excluding hydrogens is 436 g/mol. The van der Waals surface area contributed by atoms with Crippen LogP contribution in [0.3, 0.4) is 0 Å². The minimum absolute atomic E-state index is 0.0548. The molecule has 3 fully saturated rings. The fourth-order valence-corrected chi connectivity index (χ4v) is 6.32. The molecule has 6 heteroatoms. The molecule has 0 spiro atoms. The topological polar surface area (TPSA) is 49.9 Å². The first-order valence-corrected chi connectivity index (χ1v) is 13.1. The van der Waals surface area contributed by atoms with Crippen molar-refractivity contribution in [2.24, 2.45) is 17.3 Å². The number of carbonyl (C=O) groups excluding carboxylic acids is 2. The highest BCUT2D eigenvalue weighted by atomic mass is 35.5. The van der Waals surface area contributed by atoms with E-state index >= 15 is 0 Å². The molecule has 4 rings (SSSR count). The first-order valence-electron chi connectivity index (χ1n) is 12.7. The molecule has 1 aromatic rings. The van der Waals surface area contributed by atoms with Crippen LogP contribution in [0.2, 0.25) is 5.02 Å². The maximum absolute atomic E-state index is 13.3. The molecule has 0 aromatic heterocycles. The van der Waals surface area contributed by atoms with Gasteiger partial charge in [0.15, 0.2) is 0 Å². The van der Waals surface area contributed by atoms with E-state index in [0.29, 0.717) is 12.5 Å². The summed E-state index contributed by atoms with van der Waals surface area (Å²) in [7, 11) is 0. The number of rotatable bonds is 6. The van der Waals surface area contributed by atoms with E-state index in [9.17, 15) is 9.59 Å². The van der Waals surface area contributed by atoms with Crippen LogP contribution in [0.15, 0.2) is 24.3 Å².